The summed E-state index contributed by atoms with van der Waals surface area (Å²) in [6.07, 6.45) is 3.87. The number of nitrogens with zero attached hydrogens (tertiary/aromatic N) is 3. The lowest BCUT2D eigenvalue weighted by Gasteiger charge is -2.33. The van der Waals surface area contributed by atoms with Crippen molar-refractivity contribution in [1.82, 2.24) is 14.9 Å². The fourth-order valence-corrected chi connectivity index (χ4v) is 3.98. The second-order valence-corrected chi connectivity index (χ2v) is 8.08. The number of rotatable bonds is 3. The molecule has 0 spiro atoms. The van der Waals surface area contributed by atoms with Crippen LogP contribution in [0.15, 0.2) is 54.7 Å². The first-order valence-corrected chi connectivity index (χ1v) is 10.3. The summed E-state index contributed by atoms with van der Waals surface area (Å²) in [6.45, 7) is 7.62. The van der Waals surface area contributed by atoms with Crippen LogP contribution in [0.1, 0.15) is 51.5 Å². The fraction of sp³-hybridized carbons (Fsp3) is 0.320. The number of likely N-dealkylation sites (tertiary alicyclic amines) is 1. The van der Waals surface area contributed by atoms with E-state index in [1.54, 1.807) is 0 Å². The highest BCUT2D eigenvalue weighted by molar-refractivity contribution is 5.96. The van der Waals surface area contributed by atoms with Crippen molar-refractivity contribution in [3.8, 4) is 11.4 Å². The third-order valence-electron chi connectivity index (χ3n) is 5.74. The summed E-state index contributed by atoms with van der Waals surface area (Å²) in [5.41, 5.74) is 6.23. The molecule has 1 aliphatic rings. The van der Waals surface area contributed by atoms with Crippen molar-refractivity contribution in [1.29, 1.82) is 0 Å². The molecule has 148 valence electrons. The van der Waals surface area contributed by atoms with Crippen LogP contribution in [0.25, 0.3) is 11.4 Å². The molecular formula is C25H27N3O. The number of hydrogen-bond acceptors (Lipinski definition) is 3. The summed E-state index contributed by atoms with van der Waals surface area (Å²) in [4.78, 5) is 24.5. The second kappa shape index (κ2) is 8.16. The van der Waals surface area contributed by atoms with E-state index in [1.165, 1.54) is 5.56 Å². The van der Waals surface area contributed by atoms with E-state index in [4.69, 9.17) is 4.98 Å². The maximum atomic E-state index is 13.2. The minimum absolute atomic E-state index is 0.128. The van der Waals surface area contributed by atoms with E-state index >= 15 is 0 Å². The second-order valence-electron chi connectivity index (χ2n) is 8.08. The van der Waals surface area contributed by atoms with Crippen LogP contribution in [0.3, 0.4) is 0 Å². The van der Waals surface area contributed by atoms with Crippen LogP contribution < -0.4 is 0 Å². The Morgan fingerprint density at radius 2 is 1.76 bits per heavy atom. The predicted molar refractivity (Wildman–Crippen MR) is 116 cm³/mol. The Kier molecular flexibility index (Phi) is 5.43. The summed E-state index contributed by atoms with van der Waals surface area (Å²) >= 11 is 0. The molecule has 1 fully saturated rings. The van der Waals surface area contributed by atoms with Gasteiger partial charge in [0.1, 0.15) is 0 Å². The molecule has 2 heterocycles. The van der Waals surface area contributed by atoms with Gasteiger partial charge in [0.2, 0.25) is 0 Å². The van der Waals surface area contributed by atoms with Gasteiger partial charge in [-0.15, -0.1) is 0 Å². The maximum absolute atomic E-state index is 13.2. The Morgan fingerprint density at radius 3 is 2.55 bits per heavy atom. The van der Waals surface area contributed by atoms with Gasteiger partial charge in [-0.3, -0.25) is 4.79 Å². The number of amides is 1. The van der Waals surface area contributed by atoms with E-state index in [-0.39, 0.29) is 11.8 Å². The molecule has 1 aromatic heterocycles. The molecule has 0 aliphatic carbocycles. The smallest absolute Gasteiger partial charge is 0.254 e. The summed E-state index contributed by atoms with van der Waals surface area (Å²) in [7, 11) is 0. The fourth-order valence-electron chi connectivity index (χ4n) is 3.98. The molecule has 1 atom stereocenters. The zero-order valence-corrected chi connectivity index (χ0v) is 17.4. The van der Waals surface area contributed by atoms with Crippen molar-refractivity contribution in [2.75, 3.05) is 13.1 Å². The van der Waals surface area contributed by atoms with Gasteiger partial charge in [-0.05, 0) is 51.3 Å². The highest BCUT2D eigenvalue weighted by Crippen LogP contribution is 2.28. The summed E-state index contributed by atoms with van der Waals surface area (Å²) < 4.78 is 0. The standard InChI is InChI=1S/C25H27N3O/c1-17-7-10-20(11-8-17)24-26-13-12-23(27-24)21-5-4-14-28(16-21)25(29)22-15-18(2)6-9-19(22)3/h6-13,15,21H,4-5,14,16H2,1-3H3/t21-/m1/s1. The summed E-state index contributed by atoms with van der Waals surface area (Å²) in [5.74, 6) is 1.12. The van der Waals surface area contributed by atoms with Crippen LogP contribution >= 0.6 is 0 Å². The quantitative estimate of drug-likeness (QED) is 0.631. The number of carbonyl (C=O) groups excluding carboxylic acids is 1. The Balaban J connectivity index is 1.55. The molecule has 4 heteroatoms. The maximum Gasteiger partial charge on any atom is 0.254 e. The van der Waals surface area contributed by atoms with Crippen molar-refractivity contribution < 1.29 is 4.79 Å². The molecule has 2 aromatic carbocycles. The molecule has 0 bridgehead atoms. The van der Waals surface area contributed by atoms with E-state index in [1.807, 2.05) is 43.1 Å². The Morgan fingerprint density at radius 1 is 1.00 bits per heavy atom. The van der Waals surface area contributed by atoms with E-state index in [2.05, 4.69) is 42.2 Å². The van der Waals surface area contributed by atoms with Gasteiger partial charge in [0, 0.05) is 42.0 Å². The monoisotopic (exact) mass is 385 g/mol. The van der Waals surface area contributed by atoms with Crippen LogP contribution in [0.5, 0.6) is 0 Å². The zero-order valence-electron chi connectivity index (χ0n) is 17.4. The normalized spacial score (nSPS) is 16.7. The SMILES string of the molecule is Cc1ccc(-c2nccc([C@@H]3CCCN(C(=O)c4cc(C)ccc4C)C3)n2)cc1. The first-order chi connectivity index (χ1) is 14.0. The average molecular weight is 386 g/mol. The van der Waals surface area contributed by atoms with Crippen LogP contribution in [-0.2, 0) is 0 Å². The van der Waals surface area contributed by atoms with Crippen molar-refractivity contribution in [2.24, 2.45) is 0 Å². The van der Waals surface area contributed by atoms with E-state index in [9.17, 15) is 4.79 Å². The summed E-state index contributed by atoms with van der Waals surface area (Å²) in [6, 6.07) is 16.4. The minimum Gasteiger partial charge on any atom is -0.338 e. The molecule has 1 amide bonds. The van der Waals surface area contributed by atoms with Crippen LogP contribution in [-0.4, -0.2) is 33.9 Å². The van der Waals surface area contributed by atoms with E-state index in [0.29, 0.717) is 6.54 Å². The average Bonchev–Trinajstić information content (AvgIpc) is 2.75. The molecule has 4 nitrogen and oxygen atoms in total. The molecule has 4 rings (SSSR count). The van der Waals surface area contributed by atoms with E-state index in [0.717, 1.165) is 53.2 Å². The lowest BCUT2D eigenvalue weighted by atomic mass is 9.93. The lowest BCUT2D eigenvalue weighted by Crippen LogP contribution is -2.39. The number of aryl methyl sites for hydroxylation is 3. The molecule has 0 N–H and O–H groups in total. The van der Waals surface area contributed by atoms with Crippen LogP contribution in [0, 0.1) is 20.8 Å². The number of piperidine rings is 1. The lowest BCUT2D eigenvalue weighted by molar-refractivity contribution is 0.0705. The Hall–Kier alpha value is -3.01. The van der Waals surface area contributed by atoms with Crippen LogP contribution in [0.4, 0.5) is 0 Å². The topological polar surface area (TPSA) is 46.1 Å². The van der Waals surface area contributed by atoms with Gasteiger partial charge in [0.25, 0.3) is 5.91 Å². The van der Waals surface area contributed by atoms with Gasteiger partial charge in [-0.25, -0.2) is 9.97 Å². The van der Waals surface area contributed by atoms with Gasteiger partial charge in [-0.1, -0.05) is 47.5 Å². The van der Waals surface area contributed by atoms with E-state index < -0.39 is 0 Å². The molecular weight excluding hydrogens is 358 g/mol. The highest BCUT2D eigenvalue weighted by Gasteiger charge is 2.27. The Labute approximate surface area is 172 Å². The third-order valence-corrected chi connectivity index (χ3v) is 5.74. The molecule has 0 saturated carbocycles. The van der Waals surface area contributed by atoms with Crippen molar-refractivity contribution in [3.05, 3.63) is 82.7 Å². The first-order valence-electron chi connectivity index (χ1n) is 10.3. The van der Waals surface area contributed by atoms with Crippen molar-refractivity contribution in [2.45, 2.75) is 39.5 Å². The summed E-state index contributed by atoms with van der Waals surface area (Å²) in [5, 5.41) is 0. The van der Waals surface area contributed by atoms with Gasteiger partial charge in [0.05, 0.1) is 0 Å². The molecule has 1 saturated heterocycles. The van der Waals surface area contributed by atoms with Crippen molar-refractivity contribution >= 4 is 5.91 Å². The number of benzene rings is 2. The molecule has 29 heavy (non-hydrogen) atoms. The van der Waals surface area contributed by atoms with Crippen LogP contribution in [0.2, 0.25) is 0 Å². The number of carbonyl (C=O) groups is 1. The molecule has 1 aliphatic heterocycles. The van der Waals surface area contributed by atoms with Gasteiger partial charge < -0.3 is 4.90 Å². The van der Waals surface area contributed by atoms with Crippen molar-refractivity contribution in [3.63, 3.8) is 0 Å². The van der Waals surface area contributed by atoms with Gasteiger partial charge in [0.15, 0.2) is 5.82 Å². The molecule has 0 radical (unpaired) electrons. The predicted octanol–water partition coefficient (Wildman–Crippen LogP) is 5.09. The Bertz CT molecular complexity index is 1030. The largest absolute Gasteiger partial charge is 0.338 e. The van der Waals surface area contributed by atoms with Gasteiger partial charge >= 0.3 is 0 Å². The minimum atomic E-state index is 0.128. The third kappa shape index (κ3) is 4.21. The first kappa shape index (κ1) is 19.3. The number of aromatic nitrogens is 2. The zero-order chi connectivity index (χ0) is 20.4. The molecule has 3 aromatic rings. The molecule has 0 unspecified atom stereocenters. The number of hydrogen-bond donors (Lipinski definition) is 0. The highest BCUT2D eigenvalue weighted by atomic mass is 16.2. The van der Waals surface area contributed by atoms with Gasteiger partial charge in [-0.2, -0.15) is 0 Å².